The first-order chi connectivity index (χ1) is 15.2. The summed E-state index contributed by atoms with van der Waals surface area (Å²) in [5.74, 6) is 0.740. The Hall–Kier alpha value is -3.25. The minimum absolute atomic E-state index is 0.0446. The molecule has 4 rings (SSSR count). The van der Waals surface area contributed by atoms with Crippen LogP contribution in [0, 0.1) is 0 Å². The van der Waals surface area contributed by atoms with Crippen molar-refractivity contribution in [1.82, 2.24) is 5.32 Å². The summed E-state index contributed by atoms with van der Waals surface area (Å²) in [6.45, 7) is 0.778. The highest BCUT2D eigenvalue weighted by atomic mass is 32.2. The topological polar surface area (TPSA) is 67.4 Å². The summed E-state index contributed by atoms with van der Waals surface area (Å²) in [7, 11) is 0. The van der Waals surface area contributed by atoms with E-state index in [2.05, 4.69) is 10.6 Å². The van der Waals surface area contributed by atoms with Crippen LogP contribution < -0.4 is 15.4 Å². The highest BCUT2D eigenvalue weighted by Gasteiger charge is 2.21. The van der Waals surface area contributed by atoms with Gasteiger partial charge < -0.3 is 15.4 Å². The Morgan fingerprint density at radius 2 is 1.74 bits per heavy atom. The Morgan fingerprint density at radius 3 is 2.52 bits per heavy atom. The van der Waals surface area contributed by atoms with E-state index in [9.17, 15) is 9.59 Å². The average Bonchev–Trinajstić information content (AvgIpc) is 2.81. The molecule has 158 valence electrons. The summed E-state index contributed by atoms with van der Waals surface area (Å²) in [5.41, 5.74) is 2.89. The van der Waals surface area contributed by atoms with E-state index in [1.807, 2.05) is 78.9 Å². The number of benzene rings is 3. The van der Waals surface area contributed by atoms with Crippen LogP contribution in [0.2, 0.25) is 0 Å². The summed E-state index contributed by atoms with van der Waals surface area (Å²) in [4.78, 5) is 25.5. The Labute approximate surface area is 186 Å². The van der Waals surface area contributed by atoms with Crippen LogP contribution in [0.1, 0.15) is 22.8 Å². The van der Waals surface area contributed by atoms with Crippen molar-refractivity contribution in [2.75, 3.05) is 18.5 Å². The van der Waals surface area contributed by atoms with Crippen molar-refractivity contribution in [3.05, 3.63) is 90.0 Å². The summed E-state index contributed by atoms with van der Waals surface area (Å²) in [5, 5.41) is 5.52. The molecule has 3 aromatic rings. The third-order valence-corrected chi connectivity index (χ3v) is 6.25. The number of nitrogens with one attached hydrogen (secondary N) is 2. The monoisotopic (exact) mass is 432 g/mol. The number of carbonyl (C=O) groups excluding carboxylic acids is 2. The Kier molecular flexibility index (Phi) is 6.89. The molecule has 0 radical (unpaired) electrons. The van der Waals surface area contributed by atoms with E-state index in [1.54, 1.807) is 0 Å². The fourth-order valence-electron chi connectivity index (χ4n) is 3.42. The normalized spacial score (nSPS) is 13.6. The number of amides is 2. The first kappa shape index (κ1) is 21.0. The van der Waals surface area contributed by atoms with Gasteiger partial charge >= 0.3 is 0 Å². The van der Waals surface area contributed by atoms with E-state index >= 15 is 0 Å². The lowest BCUT2D eigenvalue weighted by molar-refractivity contribution is -0.120. The molecule has 0 aromatic heterocycles. The van der Waals surface area contributed by atoms with Crippen LogP contribution in [0.4, 0.5) is 5.69 Å². The molecule has 2 amide bonds. The van der Waals surface area contributed by atoms with Crippen LogP contribution >= 0.6 is 11.8 Å². The van der Waals surface area contributed by atoms with E-state index in [4.69, 9.17) is 4.74 Å². The largest absolute Gasteiger partial charge is 0.492 e. The number of carbonyl (C=O) groups is 2. The Balaban J connectivity index is 1.33. The van der Waals surface area contributed by atoms with Gasteiger partial charge in [-0.3, -0.25) is 9.59 Å². The molecule has 3 aromatic carbocycles. The van der Waals surface area contributed by atoms with Crippen molar-refractivity contribution < 1.29 is 14.3 Å². The van der Waals surface area contributed by atoms with E-state index in [0.717, 1.165) is 27.5 Å². The maximum atomic E-state index is 13.0. The lowest BCUT2D eigenvalue weighted by Gasteiger charge is -2.18. The van der Waals surface area contributed by atoms with Crippen molar-refractivity contribution in [3.8, 4) is 5.75 Å². The van der Waals surface area contributed by atoms with E-state index in [0.29, 0.717) is 26.0 Å². The van der Waals surface area contributed by atoms with Gasteiger partial charge in [-0.1, -0.05) is 48.5 Å². The molecule has 0 spiro atoms. The molecule has 0 bridgehead atoms. The first-order valence-corrected chi connectivity index (χ1v) is 11.2. The van der Waals surface area contributed by atoms with Crippen molar-refractivity contribution in [1.29, 1.82) is 0 Å². The molecule has 2 N–H and O–H groups in total. The van der Waals surface area contributed by atoms with Crippen LogP contribution in [-0.4, -0.2) is 25.0 Å². The van der Waals surface area contributed by atoms with Crippen LogP contribution in [0.15, 0.2) is 83.8 Å². The van der Waals surface area contributed by atoms with Gasteiger partial charge in [-0.2, -0.15) is 0 Å². The molecule has 1 atom stereocenters. The van der Waals surface area contributed by atoms with Crippen molar-refractivity contribution in [2.24, 2.45) is 0 Å². The lowest BCUT2D eigenvalue weighted by Crippen LogP contribution is -2.31. The zero-order chi connectivity index (χ0) is 21.5. The van der Waals surface area contributed by atoms with Gasteiger partial charge in [-0.15, -0.1) is 11.8 Å². The summed E-state index contributed by atoms with van der Waals surface area (Å²) in [6, 6.07) is 25.4. The van der Waals surface area contributed by atoms with E-state index < -0.39 is 0 Å². The highest BCUT2D eigenvalue weighted by molar-refractivity contribution is 8.00. The van der Waals surface area contributed by atoms with Crippen LogP contribution in [-0.2, 0) is 16.0 Å². The molecule has 0 fully saturated rings. The molecule has 1 aliphatic heterocycles. The van der Waals surface area contributed by atoms with Crippen LogP contribution in [0.3, 0.4) is 0 Å². The van der Waals surface area contributed by atoms with Gasteiger partial charge in [0.05, 0.1) is 6.54 Å². The molecule has 5 nitrogen and oxygen atoms in total. The maximum absolute atomic E-state index is 13.0. The second-order valence-electron chi connectivity index (χ2n) is 7.23. The Morgan fingerprint density at radius 1 is 1.00 bits per heavy atom. The number of thioether (sulfide) groups is 1. The highest BCUT2D eigenvalue weighted by Crippen LogP contribution is 2.35. The smallest absolute Gasteiger partial charge is 0.238 e. The summed E-state index contributed by atoms with van der Waals surface area (Å²) >= 11 is 1.53. The summed E-state index contributed by atoms with van der Waals surface area (Å²) in [6.07, 6.45) is 1.21. The third kappa shape index (κ3) is 5.67. The number of rotatable bonds is 8. The zero-order valence-corrected chi connectivity index (χ0v) is 17.9. The van der Waals surface area contributed by atoms with Gasteiger partial charge in [-0.05, 0) is 47.9 Å². The molecule has 1 aliphatic rings. The van der Waals surface area contributed by atoms with Gasteiger partial charge in [0, 0.05) is 17.0 Å². The molecule has 0 aliphatic carbocycles. The van der Waals surface area contributed by atoms with Crippen LogP contribution in [0.25, 0.3) is 0 Å². The second-order valence-corrected chi connectivity index (χ2v) is 8.41. The molecule has 31 heavy (non-hydrogen) atoms. The molecular weight excluding hydrogens is 408 g/mol. The first-order valence-electron chi connectivity index (χ1n) is 10.3. The molecule has 1 unspecified atom stereocenters. The van der Waals surface area contributed by atoms with Gasteiger partial charge in [0.25, 0.3) is 0 Å². The fraction of sp³-hybridized carbons (Fsp3) is 0.200. The number of ether oxygens (including phenoxy) is 1. The predicted octanol–water partition coefficient (Wildman–Crippen LogP) is 4.60. The molecule has 6 heteroatoms. The van der Waals surface area contributed by atoms with Crippen molar-refractivity contribution >= 4 is 29.3 Å². The minimum Gasteiger partial charge on any atom is -0.492 e. The molecule has 1 heterocycles. The van der Waals surface area contributed by atoms with Gasteiger partial charge in [0.1, 0.15) is 17.6 Å². The van der Waals surface area contributed by atoms with E-state index in [-0.39, 0.29) is 17.1 Å². The number of hydrogen-bond donors (Lipinski definition) is 2. The Bertz CT molecular complexity index is 1040. The van der Waals surface area contributed by atoms with Gasteiger partial charge in [-0.25, -0.2) is 0 Å². The average molecular weight is 433 g/mol. The standard InChI is InChI=1S/C25H24N2O3S/c28-23-14-11-19-17-20(12-13-22(19)27-23)30-16-15-26-25(29)24(18-7-3-1-4-8-18)31-21-9-5-2-6-10-21/h1-10,12-13,17,24H,11,14-16H2,(H,26,29)(H,27,28). The predicted molar refractivity (Wildman–Crippen MR) is 123 cm³/mol. The van der Waals surface area contributed by atoms with Crippen molar-refractivity contribution in [3.63, 3.8) is 0 Å². The van der Waals surface area contributed by atoms with Crippen LogP contribution in [0.5, 0.6) is 5.75 Å². The van der Waals surface area contributed by atoms with Gasteiger partial charge in [0.15, 0.2) is 0 Å². The zero-order valence-electron chi connectivity index (χ0n) is 17.0. The summed E-state index contributed by atoms with van der Waals surface area (Å²) < 4.78 is 5.82. The lowest BCUT2D eigenvalue weighted by atomic mass is 10.0. The number of aryl methyl sites for hydroxylation is 1. The van der Waals surface area contributed by atoms with Gasteiger partial charge in [0.2, 0.25) is 11.8 Å². The van der Waals surface area contributed by atoms with Crippen molar-refractivity contribution in [2.45, 2.75) is 23.0 Å². The number of fused-ring (bicyclic) bond motifs is 1. The second kappa shape index (κ2) is 10.2. The maximum Gasteiger partial charge on any atom is 0.238 e. The quantitative estimate of drug-likeness (QED) is 0.403. The third-order valence-electron chi connectivity index (χ3n) is 4.98. The minimum atomic E-state index is -0.337. The number of hydrogen-bond acceptors (Lipinski definition) is 4. The van der Waals surface area contributed by atoms with E-state index in [1.165, 1.54) is 11.8 Å². The molecule has 0 saturated carbocycles. The fourth-order valence-corrected chi connectivity index (χ4v) is 4.49. The molecular formula is C25H24N2O3S. The number of anilines is 1. The SMILES string of the molecule is O=C1CCc2cc(OCCNC(=O)C(Sc3ccccc3)c3ccccc3)ccc2N1. The molecule has 0 saturated heterocycles.